The van der Waals surface area contributed by atoms with Crippen LogP contribution in [0.3, 0.4) is 0 Å². The standard InChI is InChI=1S/C29H38N2O3/c1-4-30(5-2)24-14-12-23(13-15-24)28-26-8-6-7-19-29(26,33)20-21-31(28)27(32)18-11-22-9-16-25(34-3)17-10-22/h9-18,26,28,33H,4-8,19-21H2,1-3H3. The van der Waals surface area contributed by atoms with Crippen molar-refractivity contribution in [2.75, 3.05) is 31.6 Å². The van der Waals surface area contributed by atoms with Gasteiger partial charge in [-0.15, -0.1) is 0 Å². The van der Waals surface area contributed by atoms with Gasteiger partial charge in [0.05, 0.1) is 18.8 Å². The third-order valence-corrected chi connectivity index (χ3v) is 7.75. The van der Waals surface area contributed by atoms with Crippen molar-refractivity contribution in [1.82, 2.24) is 4.90 Å². The van der Waals surface area contributed by atoms with Crippen molar-refractivity contribution in [2.24, 2.45) is 5.92 Å². The van der Waals surface area contributed by atoms with E-state index in [9.17, 15) is 9.90 Å². The molecule has 1 heterocycles. The summed E-state index contributed by atoms with van der Waals surface area (Å²) in [6.07, 6.45) is 8.13. The largest absolute Gasteiger partial charge is 0.497 e. The molecule has 4 rings (SSSR count). The Kier molecular flexibility index (Phi) is 7.62. The lowest BCUT2D eigenvalue weighted by Gasteiger charge is -2.52. The Morgan fingerprint density at radius 3 is 2.44 bits per heavy atom. The molecule has 1 N–H and O–H groups in total. The molecule has 1 aliphatic heterocycles. The van der Waals surface area contributed by atoms with Crippen molar-refractivity contribution >= 4 is 17.7 Å². The second-order valence-corrected chi connectivity index (χ2v) is 9.55. The number of amides is 1. The van der Waals surface area contributed by atoms with Gasteiger partial charge in [0.1, 0.15) is 5.75 Å². The van der Waals surface area contributed by atoms with Crippen molar-refractivity contribution in [1.29, 1.82) is 0 Å². The average molecular weight is 463 g/mol. The van der Waals surface area contributed by atoms with Gasteiger partial charge in [-0.1, -0.05) is 37.1 Å². The van der Waals surface area contributed by atoms with Gasteiger partial charge in [0, 0.05) is 37.3 Å². The van der Waals surface area contributed by atoms with Crippen LogP contribution < -0.4 is 9.64 Å². The molecule has 1 saturated heterocycles. The summed E-state index contributed by atoms with van der Waals surface area (Å²) in [4.78, 5) is 17.8. The molecule has 5 nitrogen and oxygen atoms in total. The lowest BCUT2D eigenvalue weighted by molar-refractivity contribution is -0.150. The van der Waals surface area contributed by atoms with Crippen molar-refractivity contribution in [2.45, 2.75) is 57.6 Å². The molecule has 3 unspecified atom stereocenters. The van der Waals surface area contributed by atoms with Gasteiger partial charge in [-0.3, -0.25) is 4.79 Å². The lowest BCUT2D eigenvalue weighted by Crippen LogP contribution is -2.56. The average Bonchev–Trinajstić information content (AvgIpc) is 2.88. The third kappa shape index (κ3) is 5.00. The molecular formula is C29H38N2O3. The Labute approximate surface area is 204 Å². The molecule has 0 spiro atoms. The molecular weight excluding hydrogens is 424 g/mol. The number of anilines is 1. The third-order valence-electron chi connectivity index (χ3n) is 7.75. The van der Waals surface area contributed by atoms with Crippen LogP contribution in [0.4, 0.5) is 5.69 Å². The Balaban J connectivity index is 1.62. The van der Waals surface area contributed by atoms with E-state index < -0.39 is 5.60 Å². The van der Waals surface area contributed by atoms with Crippen LogP contribution in [0.15, 0.2) is 54.6 Å². The van der Waals surface area contributed by atoms with Gasteiger partial charge in [-0.05, 0) is 74.6 Å². The van der Waals surface area contributed by atoms with Crippen LogP contribution >= 0.6 is 0 Å². The summed E-state index contributed by atoms with van der Waals surface area (Å²) >= 11 is 0. The van der Waals surface area contributed by atoms with Crippen LogP contribution in [0.5, 0.6) is 5.75 Å². The van der Waals surface area contributed by atoms with Crippen LogP contribution in [0.1, 0.15) is 63.1 Å². The fraction of sp³-hybridized carbons (Fsp3) is 0.483. The minimum absolute atomic E-state index is 0.00117. The van der Waals surface area contributed by atoms with Crippen LogP contribution in [0.25, 0.3) is 6.08 Å². The number of carbonyl (C=O) groups is 1. The Hall–Kier alpha value is -2.79. The van der Waals surface area contributed by atoms with E-state index in [1.807, 2.05) is 35.2 Å². The second kappa shape index (κ2) is 10.6. The second-order valence-electron chi connectivity index (χ2n) is 9.55. The summed E-state index contributed by atoms with van der Waals surface area (Å²) in [5.74, 6) is 0.859. The Bertz CT molecular complexity index is 981. The minimum Gasteiger partial charge on any atom is -0.497 e. The maximum absolute atomic E-state index is 13.4. The highest BCUT2D eigenvalue weighted by atomic mass is 16.5. The van der Waals surface area contributed by atoms with Crippen molar-refractivity contribution in [3.05, 3.63) is 65.7 Å². The van der Waals surface area contributed by atoms with Gasteiger partial charge >= 0.3 is 0 Å². The van der Waals surface area contributed by atoms with E-state index in [0.717, 1.165) is 55.6 Å². The number of rotatable bonds is 7. The minimum atomic E-state index is -0.684. The van der Waals surface area contributed by atoms with E-state index in [1.54, 1.807) is 13.2 Å². The van der Waals surface area contributed by atoms with Gasteiger partial charge in [-0.25, -0.2) is 0 Å². The maximum Gasteiger partial charge on any atom is 0.247 e. The summed E-state index contributed by atoms with van der Waals surface area (Å²) in [6, 6.07) is 16.2. The van der Waals surface area contributed by atoms with Gasteiger partial charge in [0.2, 0.25) is 5.91 Å². The van der Waals surface area contributed by atoms with E-state index in [0.29, 0.717) is 13.0 Å². The molecule has 1 amide bonds. The Morgan fingerprint density at radius 2 is 1.79 bits per heavy atom. The molecule has 0 radical (unpaired) electrons. The highest BCUT2D eigenvalue weighted by Crippen LogP contribution is 2.49. The van der Waals surface area contributed by atoms with Gasteiger partial charge in [-0.2, -0.15) is 0 Å². The monoisotopic (exact) mass is 462 g/mol. The molecule has 1 aliphatic carbocycles. The number of hydrogen-bond donors (Lipinski definition) is 1. The number of benzene rings is 2. The van der Waals surface area contributed by atoms with Crippen molar-refractivity contribution in [3.63, 3.8) is 0 Å². The van der Waals surface area contributed by atoms with Gasteiger partial charge in [0.15, 0.2) is 0 Å². The quantitative estimate of drug-likeness (QED) is 0.556. The van der Waals surface area contributed by atoms with E-state index in [-0.39, 0.29) is 17.9 Å². The molecule has 3 atom stereocenters. The predicted molar refractivity (Wildman–Crippen MR) is 138 cm³/mol. The zero-order valence-corrected chi connectivity index (χ0v) is 20.7. The first-order valence-electron chi connectivity index (χ1n) is 12.7. The van der Waals surface area contributed by atoms with Crippen molar-refractivity contribution < 1.29 is 14.6 Å². The molecule has 5 heteroatoms. The molecule has 0 aromatic heterocycles. The Morgan fingerprint density at radius 1 is 1.09 bits per heavy atom. The van der Waals surface area contributed by atoms with Crippen LogP contribution in [-0.4, -0.2) is 48.3 Å². The molecule has 2 aliphatic rings. The smallest absolute Gasteiger partial charge is 0.247 e. The molecule has 2 aromatic carbocycles. The van der Waals surface area contributed by atoms with Crippen molar-refractivity contribution in [3.8, 4) is 5.75 Å². The fourth-order valence-electron chi connectivity index (χ4n) is 5.79. The fourth-order valence-corrected chi connectivity index (χ4v) is 5.79. The summed E-state index contributed by atoms with van der Waals surface area (Å²) < 4.78 is 5.22. The molecule has 182 valence electrons. The maximum atomic E-state index is 13.4. The van der Waals surface area contributed by atoms with Crippen LogP contribution in [0, 0.1) is 5.92 Å². The zero-order valence-electron chi connectivity index (χ0n) is 20.7. The number of methoxy groups -OCH3 is 1. The SMILES string of the molecule is CCN(CC)c1ccc(C2C3CCCCC3(O)CCN2C(=O)C=Cc2ccc(OC)cc2)cc1. The first kappa shape index (κ1) is 24.3. The van der Waals surface area contributed by atoms with Gasteiger partial charge < -0.3 is 19.6 Å². The highest BCUT2D eigenvalue weighted by molar-refractivity contribution is 5.92. The van der Waals surface area contributed by atoms with E-state index >= 15 is 0 Å². The number of aliphatic hydroxyl groups is 1. The summed E-state index contributed by atoms with van der Waals surface area (Å²) in [5.41, 5.74) is 2.59. The van der Waals surface area contributed by atoms with Gasteiger partial charge in [0.25, 0.3) is 0 Å². The predicted octanol–water partition coefficient (Wildman–Crippen LogP) is 5.45. The number of ether oxygens (including phenoxy) is 1. The number of piperidine rings is 1. The highest BCUT2D eigenvalue weighted by Gasteiger charge is 2.49. The van der Waals surface area contributed by atoms with Crippen LogP contribution in [-0.2, 0) is 4.79 Å². The number of hydrogen-bond acceptors (Lipinski definition) is 4. The van der Waals surface area contributed by atoms with Crippen LogP contribution in [0.2, 0.25) is 0 Å². The number of fused-ring (bicyclic) bond motifs is 1. The summed E-state index contributed by atoms with van der Waals surface area (Å²) in [7, 11) is 1.64. The zero-order chi connectivity index (χ0) is 24.1. The summed E-state index contributed by atoms with van der Waals surface area (Å²) in [6.45, 7) is 6.82. The van der Waals surface area contributed by atoms with E-state index in [4.69, 9.17) is 4.74 Å². The first-order valence-corrected chi connectivity index (χ1v) is 12.7. The normalized spacial score (nSPS) is 24.6. The summed E-state index contributed by atoms with van der Waals surface area (Å²) in [5, 5.41) is 11.5. The van der Waals surface area contributed by atoms with E-state index in [1.165, 1.54) is 5.69 Å². The molecule has 1 saturated carbocycles. The molecule has 34 heavy (non-hydrogen) atoms. The van der Waals surface area contributed by atoms with E-state index in [2.05, 4.69) is 43.0 Å². The molecule has 2 fully saturated rings. The lowest BCUT2D eigenvalue weighted by atomic mass is 9.66. The number of carbonyl (C=O) groups excluding carboxylic acids is 1. The molecule has 0 bridgehead atoms. The number of nitrogens with zero attached hydrogens (tertiary/aromatic N) is 2. The topological polar surface area (TPSA) is 53.0 Å². The molecule has 2 aromatic rings. The number of likely N-dealkylation sites (tertiary alicyclic amines) is 1. The first-order chi connectivity index (χ1) is 16.5.